The van der Waals surface area contributed by atoms with E-state index in [0.29, 0.717) is 5.92 Å². The van der Waals surface area contributed by atoms with Gasteiger partial charge in [-0.25, -0.2) is 8.42 Å². The van der Waals surface area contributed by atoms with Crippen molar-refractivity contribution in [3.63, 3.8) is 0 Å². The highest BCUT2D eigenvalue weighted by atomic mass is 32.2. The fourth-order valence-corrected chi connectivity index (χ4v) is 3.13. The lowest BCUT2D eigenvalue weighted by molar-refractivity contribution is 0.446. The SMILES string of the molecule is CNC(c1ccc(CC(C)C)cc1)C(C)(C)S(C)(=O)=O. The quantitative estimate of drug-likeness (QED) is 0.878. The van der Waals surface area contributed by atoms with Crippen LogP contribution in [0.4, 0.5) is 0 Å². The minimum absolute atomic E-state index is 0.217. The molecule has 4 heteroatoms. The fraction of sp³-hybridized carbons (Fsp3) is 0.625. The Hall–Kier alpha value is -0.870. The number of nitrogens with one attached hydrogen (secondary N) is 1. The molecule has 0 fully saturated rings. The molecule has 0 aliphatic heterocycles. The molecule has 114 valence electrons. The molecular weight excluding hydrogens is 270 g/mol. The standard InChI is InChI=1S/C16H27NO2S/c1-12(2)11-13-7-9-14(10-8-13)15(17-5)16(3,4)20(6,18)19/h7-10,12,15,17H,11H2,1-6H3. The molecule has 0 aromatic heterocycles. The normalized spacial score (nSPS) is 14.6. The van der Waals surface area contributed by atoms with Gasteiger partial charge in [-0.1, -0.05) is 38.1 Å². The van der Waals surface area contributed by atoms with E-state index in [1.165, 1.54) is 11.8 Å². The first-order valence-corrected chi connectivity index (χ1v) is 8.94. The summed E-state index contributed by atoms with van der Waals surface area (Å²) in [5, 5.41) is 3.15. The Morgan fingerprint density at radius 2 is 1.65 bits per heavy atom. The molecule has 1 aromatic rings. The van der Waals surface area contributed by atoms with Crippen molar-refractivity contribution in [2.75, 3.05) is 13.3 Å². The zero-order valence-corrected chi connectivity index (χ0v) is 14.2. The first kappa shape index (κ1) is 17.2. The number of hydrogen-bond donors (Lipinski definition) is 1. The molecule has 0 radical (unpaired) electrons. The zero-order valence-electron chi connectivity index (χ0n) is 13.4. The molecule has 0 amide bonds. The van der Waals surface area contributed by atoms with Crippen molar-refractivity contribution in [3.8, 4) is 0 Å². The summed E-state index contributed by atoms with van der Waals surface area (Å²) in [7, 11) is -1.35. The van der Waals surface area contributed by atoms with Crippen molar-refractivity contribution in [1.29, 1.82) is 0 Å². The number of benzene rings is 1. The van der Waals surface area contributed by atoms with Crippen LogP contribution in [0.5, 0.6) is 0 Å². The molecule has 0 saturated heterocycles. The van der Waals surface area contributed by atoms with Gasteiger partial charge in [-0.2, -0.15) is 0 Å². The third-order valence-corrected chi connectivity index (χ3v) is 6.04. The first-order chi connectivity index (χ1) is 9.09. The van der Waals surface area contributed by atoms with Crippen LogP contribution in [0, 0.1) is 5.92 Å². The second-order valence-corrected chi connectivity index (χ2v) is 9.03. The summed E-state index contributed by atoms with van der Waals surface area (Å²) < 4.78 is 23.2. The van der Waals surface area contributed by atoms with Crippen molar-refractivity contribution >= 4 is 9.84 Å². The summed E-state index contributed by atoms with van der Waals surface area (Å²) >= 11 is 0. The van der Waals surface area contributed by atoms with Gasteiger partial charge in [-0.15, -0.1) is 0 Å². The molecule has 1 unspecified atom stereocenters. The minimum atomic E-state index is -3.15. The summed E-state index contributed by atoms with van der Waals surface area (Å²) in [4.78, 5) is 0. The van der Waals surface area contributed by atoms with E-state index in [-0.39, 0.29) is 6.04 Å². The maximum absolute atomic E-state index is 12.0. The van der Waals surface area contributed by atoms with E-state index in [0.717, 1.165) is 12.0 Å². The second kappa shape index (κ2) is 6.27. The monoisotopic (exact) mass is 297 g/mol. The molecule has 0 saturated carbocycles. The zero-order chi connectivity index (χ0) is 15.6. The molecule has 1 rings (SSSR count). The van der Waals surface area contributed by atoms with Crippen molar-refractivity contribution in [1.82, 2.24) is 5.32 Å². The molecule has 0 spiro atoms. The van der Waals surface area contributed by atoms with Gasteiger partial charge in [0.15, 0.2) is 9.84 Å². The van der Waals surface area contributed by atoms with Gasteiger partial charge in [0.05, 0.1) is 10.8 Å². The molecule has 0 bridgehead atoms. The maximum Gasteiger partial charge on any atom is 0.154 e. The first-order valence-electron chi connectivity index (χ1n) is 7.05. The molecule has 0 heterocycles. The van der Waals surface area contributed by atoms with Crippen LogP contribution in [0.15, 0.2) is 24.3 Å². The summed E-state index contributed by atoms with van der Waals surface area (Å²) in [5.74, 6) is 0.619. The van der Waals surface area contributed by atoms with Crippen LogP contribution in [0.25, 0.3) is 0 Å². The van der Waals surface area contributed by atoms with Crippen molar-refractivity contribution in [2.24, 2.45) is 5.92 Å². The van der Waals surface area contributed by atoms with E-state index in [1.54, 1.807) is 20.9 Å². The lowest BCUT2D eigenvalue weighted by Crippen LogP contribution is -2.43. The highest BCUT2D eigenvalue weighted by Crippen LogP contribution is 2.32. The average Bonchev–Trinajstić information content (AvgIpc) is 2.29. The van der Waals surface area contributed by atoms with Gasteiger partial charge < -0.3 is 5.32 Å². The van der Waals surface area contributed by atoms with Crippen LogP contribution in [0.3, 0.4) is 0 Å². The smallest absolute Gasteiger partial charge is 0.154 e. The summed E-state index contributed by atoms with van der Waals surface area (Å²) in [6.07, 6.45) is 2.34. The Kier molecular flexibility index (Phi) is 5.39. The second-order valence-electron chi connectivity index (χ2n) is 6.44. The van der Waals surface area contributed by atoms with Crippen LogP contribution in [-0.2, 0) is 16.3 Å². The van der Waals surface area contributed by atoms with E-state index in [1.807, 2.05) is 12.1 Å². The van der Waals surface area contributed by atoms with E-state index >= 15 is 0 Å². The number of hydrogen-bond acceptors (Lipinski definition) is 3. The minimum Gasteiger partial charge on any atom is -0.312 e. The van der Waals surface area contributed by atoms with Crippen LogP contribution in [-0.4, -0.2) is 26.5 Å². The van der Waals surface area contributed by atoms with Crippen molar-refractivity contribution < 1.29 is 8.42 Å². The Labute approximate surface area is 123 Å². The highest BCUT2D eigenvalue weighted by molar-refractivity contribution is 7.92. The molecule has 1 atom stereocenters. The number of rotatable bonds is 6. The van der Waals surface area contributed by atoms with E-state index in [4.69, 9.17) is 0 Å². The molecule has 1 N–H and O–H groups in total. The van der Waals surface area contributed by atoms with Crippen LogP contribution >= 0.6 is 0 Å². The van der Waals surface area contributed by atoms with E-state index in [2.05, 4.69) is 31.3 Å². The Morgan fingerprint density at radius 1 is 1.15 bits per heavy atom. The van der Waals surface area contributed by atoms with Gasteiger partial charge in [0.25, 0.3) is 0 Å². The Balaban J connectivity index is 3.08. The number of sulfone groups is 1. The largest absolute Gasteiger partial charge is 0.312 e. The Bertz CT molecular complexity index is 530. The molecular formula is C16H27NO2S. The van der Waals surface area contributed by atoms with Crippen LogP contribution in [0.1, 0.15) is 44.9 Å². The van der Waals surface area contributed by atoms with Gasteiger partial charge in [-0.05, 0) is 44.4 Å². The molecule has 20 heavy (non-hydrogen) atoms. The third kappa shape index (κ3) is 3.83. The molecule has 3 nitrogen and oxygen atoms in total. The Morgan fingerprint density at radius 3 is 2.00 bits per heavy atom. The summed E-state index contributed by atoms with van der Waals surface area (Å²) in [6, 6.07) is 8.04. The van der Waals surface area contributed by atoms with Crippen LogP contribution in [0.2, 0.25) is 0 Å². The molecule has 0 aliphatic carbocycles. The lowest BCUT2D eigenvalue weighted by Gasteiger charge is -2.33. The lowest BCUT2D eigenvalue weighted by atomic mass is 9.93. The van der Waals surface area contributed by atoms with Gasteiger partial charge >= 0.3 is 0 Å². The third-order valence-electron chi connectivity index (χ3n) is 3.90. The van der Waals surface area contributed by atoms with Gasteiger partial charge in [0.2, 0.25) is 0 Å². The molecule has 0 aliphatic rings. The predicted octanol–water partition coefficient (Wildman–Crippen LogP) is 2.97. The summed E-state index contributed by atoms with van der Waals surface area (Å²) in [6.45, 7) is 7.92. The fourth-order valence-electron chi connectivity index (χ4n) is 2.45. The van der Waals surface area contributed by atoms with Crippen molar-refractivity contribution in [3.05, 3.63) is 35.4 Å². The highest BCUT2D eigenvalue weighted by Gasteiger charge is 2.39. The van der Waals surface area contributed by atoms with Crippen molar-refractivity contribution in [2.45, 2.75) is 44.9 Å². The maximum atomic E-state index is 12.0. The predicted molar refractivity (Wildman–Crippen MR) is 85.7 cm³/mol. The van der Waals surface area contributed by atoms with E-state index in [9.17, 15) is 8.42 Å². The topological polar surface area (TPSA) is 46.2 Å². The van der Waals surface area contributed by atoms with Gasteiger partial charge in [0.1, 0.15) is 0 Å². The average molecular weight is 297 g/mol. The molecule has 1 aromatic carbocycles. The van der Waals surface area contributed by atoms with Gasteiger partial charge in [-0.3, -0.25) is 0 Å². The van der Waals surface area contributed by atoms with Gasteiger partial charge in [0, 0.05) is 6.26 Å². The van der Waals surface area contributed by atoms with E-state index < -0.39 is 14.6 Å². The van der Waals surface area contributed by atoms with Crippen LogP contribution < -0.4 is 5.32 Å². The summed E-state index contributed by atoms with van der Waals surface area (Å²) in [5.41, 5.74) is 2.30.